The van der Waals surface area contributed by atoms with Crippen LogP contribution in [0.1, 0.15) is 5.56 Å². The molecule has 0 unspecified atom stereocenters. The number of nitrogens with two attached hydrogens (primary N) is 1. The molecule has 0 saturated carbocycles. The SMILES string of the molecule is CON=Cc1c(N)ncnc1Nc1cccc2ccccc12. The van der Waals surface area contributed by atoms with Crippen molar-refractivity contribution in [1.29, 1.82) is 0 Å². The van der Waals surface area contributed by atoms with Crippen LogP contribution in [-0.4, -0.2) is 23.3 Å². The van der Waals surface area contributed by atoms with E-state index in [9.17, 15) is 0 Å². The third kappa shape index (κ3) is 2.67. The van der Waals surface area contributed by atoms with Gasteiger partial charge in [0.25, 0.3) is 0 Å². The van der Waals surface area contributed by atoms with Gasteiger partial charge >= 0.3 is 0 Å². The molecule has 6 heteroatoms. The van der Waals surface area contributed by atoms with Crippen LogP contribution in [0.2, 0.25) is 0 Å². The lowest BCUT2D eigenvalue weighted by molar-refractivity contribution is 0.215. The highest BCUT2D eigenvalue weighted by molar-refractivity contribution is 5.98. The summed E-state index contributed by atoms with van der Waals surface area (Å²) in [6.07, 6.45) is 2.90. The van der Waals surface area contributed by atoms with Crippen molar-refractivity contribution in [3.05, 3.63) is 54.4 Å². The molecular weight excluding hydrogens is 278 g/mol. The molecule has 1 aromatic heterocycles. The molecule has 0 bridgehead atoms. The van der Waals surface area contributed by atoms with Crippen molar-refractivity contribution in [3.63, 3.8) is 0 Å². The first-order chi connectivity index (χ1) is 10.8. The maximum atomic E-state index is 5.89. The minimum absolute atomic E-state index is 0.332. The number of nitrogens with one attached hydrogen (secondary N) is 1. The van der Waals surface area contributed by atoms with Crippen LogP contribution < -0.4 is 11.1 Å². The Morgan fingerprint density at radius 3 is 2.82 bits per heavy atom. The highest BCUT2D eigenvalue weighted by atomic mass is 16.6. The summed E-state index contributed by atoms with van der Waals surface area (Å²) in [6.45, 7) is 0. The van der Waals surface area contributed by atoms with E-state index < -0.39 is 0 Å². The second-order valence-corrected chi connectivity index (χ2v) is 4.59. The van der Waals surface area contributed by atoms with Crippen LogP contribution in [0.25, 0.3) is 10.8 Å². The molecule has 0 aliphatic rings. The Labute approximate surface area is 127 Å². The minimum Gasteiger partial charge on any atom is -0.399 e. The molecule has 0 atom stereocenters. The number of fused-ring (bicyclic) bond motifs is 1. The number of hydrogen-bond acceptors (Lipinski definition) is 6. The zero-order chi connectivity index (χ0) is 15.4. The monoisotopic (exact) mass is 293 g/mol. The number of hydrogen-bond donors (Lipinski definition) is 2. The Kier molecular flexibility index (Phi) is 3.82. The zero-order valence-corrected chi connectivity index (χ0v) is 12.0. The van der Waals surface area contributed by atoms with Gasteiger partial charge in [-0.3, -0.25) is 0 Å². The first kappa shape index (κ1) is 13.8. The lowest BCUT2D eigenvalue weighted by Gasteiger charge is -2.11. The van der Waals surface area contributed by atoms with Gasteiger partial charge in [0.1, 0.15) is 25.1 Å². The largest absolute Gasteiger partial charge is 0.399 e. The number of benzene rings is 2. The highest BCUT2D eigenvalue weighted by Crippen LogP contribution is 2.27. The molecule has 0 radical (unpaired) electrons. The lowest BCUT2D eigenvalue weighted by atomic mass is 10.1. The summed E-state index contributed by atoms with van der Waals surface area (Å²) in [5, 5.41) is 9.26. The van der Waals surface area contributed by atoms with E-state index in [2.05, 4.69) is 32.6 Å². The topological polar surface area (TPSA) is 85.4 Å². The molecule has 3 N–H and O–H groups in total. The molecule has 0 aliphatic carbocycles. The van der Waals surface area contributed by atoms with Crippen LogP contribution >= 0.6 is 0 Å². The fourth-order valence-electron chi connectivity index (χ4n) is 2.20. The van der Waals surface area contributed by atoms with Gasteiger partial charge in [0.05, 0.1) is 11.8 Å². The molecule has 3 aromatic rings. The van der Waals surface area contributed by atoms with Gasteiger partial charge in [0.15, 0.2) is 0 Å². The maximum absolute atomic E-state index is 5.89. The van der Waals surface area contributed by atoms with Crippen molar-refractivity contribution in [2.75, 3.05) is 18.2 Å². The van der Waals surface area contributed by atoms with Gasteiger partial charge in [-0.05, 0) is 11.5 Å². The zero-order valence-electron chi connectivity index (χ0n) is 12.0. The van der Waals surface area contributed by atoms with E-state index in [-0.39, 0.29) is 0 Å². The Bertz CT molecular complexity index is 826. The number of rotatable bonds is 4. The van der Waals surface area contributed by atoms with Crippen molar-refractivity contribution < 1.29 is 4.84 Å². The molecule has 0 saturated heterocycles. The van der Waals surface area contributed by atoms with E-state index in [1.54, 1.807) is 0 Å². The molecule has 0 aliphatic heterocycles. The van der Waals surface area contributed by atoms with E-state index >= 15 is 0 Å². The molecule has 0 spiro atoms. The molecule has 3 rings (SSSR count). The summed E-state index contributed by atoms with van der Waals surface area (Å²) in [5.74, 6) is 0.906. The molecule has 2 aromatic carbocycles. The molecule has 110 valence electrons. The third-order valence-corrected chi connectivity index (χ3v) is 3.24. The standard InChI is InChI=1S/C16H15N5O/c1-22-20-9-13-15(17)18-10-19-16(13)21-14-8-4-6-11-5-2-3-7-12(11)14/h2-10H,1H3,(H3,17,18,19,21). The van der Waals surface area contributed by atoms with Gasteiger partial charge in [-0.2, -0.15) is 0 Å². The second kappa shape index (κ2) is 6.09. The van der Waals surface area contributed by atoms with Crippen LogP contribution in [0.5, 0.6) is 0 Å². The van der Waals surface area contributed by atoms with Crippen molar-refractivity contribution in [2.45, 2.75) is 0 Å². The average molecular weight is 293 g/mol. The number of oxime groups is 1. The third-order valence-electron chi connectivity index (χ3n) is 3.24. The van der Waals surface area contributed by atoms with E-state index in [4.69, 9.17) is 10.6 Å². The molecule has 22 heavy (non-hydrogen) atoms. The molecule has 0 amide bonds. The Hall–Kier alpha value is -3.15. The Morgan fingerprint density at radius 2 is 1.95 bits per heavy atom. The molecule has 0 fully saturated rings. The number of anilines is 3. The van der Waals surface area contributed by atoms with Gasteiger partial charge in [-0.1, -0.05) is 41.6 Å². The summed E-state index contributed by atoms with van der Waals surface area (Å²) in [5.41, 5.74) is 7.40. The van der Waals surface area contributed by atoms with Crippen LogP contribution in [0.4, 0.5) is 17.3 Å². The first-order valence-corrected chi connectivity index (χ1v) is 6.71. The van der Waals surface area contributed by atoms with Crippen molar-refractivity contribution in [2.24, 2.45) is 5.16 Å². The number of nitrogen functional groups attached to an aromatic ring is 1. The fraction of sp³-hybridized carbons (Fsp3) is 0.0625. The van der Waals surface area contributed by atoms with Crippen molar-refractivity contribution in [3.8, 4) is 0 Å². The van der Waals surface area contributed by atoms with Gasteiger partial charge < -0.3 is 15.9 Å². The molecule has 6 nitrogen and oxygen atoms in total. The molecular formula is C16H15N5O. The van der Waals surface area contributed by atoms with Crippen LogP contribution in [0.15, 0.2) is 53.9 Å². The van der Waals surface area contributed by atoms with Crippen molar-refractivity contribution >= 4 is 34.3 Å². The van der Waals surface area contributed by atoms with E-state index in [1.165, 1.54) is 19.7 Å². The highest BCUT2D eigenvalue weighted by Gasteiger charge is 2.09. The Morgan fingerprint density at radius 1 is 1.14 bits per heavy atom. The normalized spacial score (nSPS) is 11.0. The molecule has 1 heterocycles. The second-order valence-electron chi connectivity index (χ2n) is 4.59. The van der Waals surface area contributed by atoms with Gasteiger partial charge in [0.2, 0.25) is 0 Å². The maximum Gasteiger partial charge on any atom is 0.144 e. The smallest absolute Gasteiger partial charge is 0.144 e. The van der Waals surface area contributed by atoms with Gasteiger partial charge in [-0.15, -0.1) is 0 Å². The predicted octanol–water partition coefficient (Wildman–Crippen LogP) is 2.94. The number of nitrogens with zero attached hydrogens (tertiary/aromatic N) is 3. The fourth-order valence-corrected chi connectivity index (χ4v) is 2.20. The summed E-state index contributed by atoms with van der Waals surface area (Å²) >= 11 is 0. The van der Waals surface area contributed by atoms with E-state index in [1.807, 2.05) is 30.3 Å². The van der Waals surface area contributed by atoms with Gasteiger partial charge in [-0.25, -0.2) is 9.97 Å². The predicted molar refractivity (Wildman–Crippen MR) is 88.3 cm³/mol. The average Bonchev–Trinajstić information content (AvgIpc) is 2.55. The van der Waals surface area contributed by atoms with Crippen LogP contribution in [0.3, 0.4) is 0 Å². The summed E-state index contributed by atoms with van der Waals surface area (Å²) in [6, 6.07) is 14.1. The van der Waals surface area contributed by atoms with E-state index in [0.717, 1.165) is 16.5 Å². The summed E-state index contributed by atoms with van der Waals surface area (Å²) in [7, 11) is 1.47. The summed E-state index contributed by atoms with van der Waals surface area (Å²) < 4.78 is 0. The quantitative estimate of drug-likeness (QED) is 0.570. The Balaban J connectivity index is 2.06. The van der Waals surface area contributed by atoms with E-state index in [0.29, 0.717) is 17.2 Å². The first-order valence-electron chi connectivity index (χ1n) is 6.71. The minimum atomic E-state index is 0.332. The van der Waals surface area contributed by atoms with Crippen LogP contribution in [-0.2, 0) is 4.84 Å². The van der Waals surface area contributed by atoms with Gasteiger partial charge in [0, 0.05) is 11.1 Å². The number of aromatic nitrogens is 2. The van der Waals surface area contributed by atoms with Crippen molar-refractivity contribution in [1.82, 2.24) is 9.97 Å². The summed E-state index contributed by atoms with van der Waals surface area (Å²) in [4.78, 5) is 12.9. The lowest BCUT2D eigenvalue weighted by Crippen LogP contribution is -2.05. The van der Waals surface area contributed by atoms with Crippen LogP contribution in [0, 0.1) is 0 Å².